The van der Waals surface area contributed by atoms with Gasteiger partial charge in [0.05, 0.1) is 24.2 Å². The SMILES string of the molecule is CCCn1c(=O)n(CCC(=O)NC(c2ccc(OC)cc2)C2CC2)c2ccccc21. The van der Waals surface area contributed by atoms with Crippen LogP contribution in [-0.4, -0.2) is 22.2 Å². The Kier molecular flexibility index (Phi) is 5.93. The minimum absolute atomic E-state index is 0.0153. The highest BCUT2D eigenvalue weighted by Crippen LogP contribution is 2.41. The summed E-state index contributed by atoms with van der Waals surface area (Å²) in [5.41, 5.74) is 2.87. The number of hydrogen-bond acceptors (Lipinski definition) is 3. The molecule has 2 aromatic carbocycles. The molecule has 0 saturated heterocycles. The molecule has 6 heteroatoms. The number of imidazole rings is 1. The van der Waals surface area contributed by atoms with Crippen molar-refractivity contribution < 1.29 is 9.53 Å². The quantitative estimate of drug-likeness (QED) is 0.585. The number of fused-ring (bicyclic) bond motifs is 1. The molecule has 1 amide bonds. The van der Waals surface area contributed by atoms with Gasteiger partial charge in [-0.05, 0) is 55.0 Å². The number of hydrogen-bond donors (Lipinski definition) is 1. The standard InChI is InChI=1S/C24H29N3O3/c1-3-15-26-20-6-4-5-7-21(20)27(24(26)29)16-14-22(28)25-23(17-8-9-17)18-10-12-19(30-2)13-11-18/h4-7,10-13,17,23H,3,8-9,14-16H2,1-2H3,(H,25,28). The second-order valence-electron chi connectivity index (χ2n) is 7.98. The number of nitrogens with one attached hydrogen (secondary N) is 1. The van der Waals surface area contributed by atoms with Crippen LogP contribution in [0, 0.1) is 5.92 Å². The first-order chi connectivity index (χ1) is 14.6. The first-order valence-electron chi connectivity index (χ1n) is 10.7. The second-order valence-corrected chi connectivity index (χ2v) is 7.98. The van der Waals surface area contributed by atoms with Crippen LogP contribution in [-0.2, 0) is 17.9 Å². The third-order valence-electron chi connectivity index (χ3n) is 5.82. The van der Waals surface area contributed by atoms with Gasteiger partial charge in [-0.25, -0.2) is 4.79 Å². The van der Waals surface area contributed by atoms with E-state index in [1.54, 1.807) is 16.2 Å². The number of aryl methyl sites for hydroxylation is 2. The molecule has 1 aliphatic carbocycles. The van der Waals surface area contributed by atoms with Crippen molar-refractivity contribution in [2.24, 2.45) is 5.92 Å². The van der Waals surface area contributed by atoms with Gasteiger partial charge in [0.2, 0.25) is 5.91 Å². The van der Waals surface area contributed by atoms with Gasteiger partial charge in [0.1, 0.15) is 5.75 Å². The third kappa shape index (κ3) is 4.13. The molecule has 1 N–H and O–H groups in total. The number of ether oxygens (including phenoxy) is 1. The first-order valence-corrected chi connectivity index (χ1v) is 10.7. The van der Waals surface area contributed by atoms with E-state index in [0.717, 1.165) is 41.6 Å². The Hall–Kier alpha value is -3.02. The van der Waals surface area contributed by atoms with Crippen molar-refractivity contribution in [3.63, 3.8) is 0 Å². The number of rotatable bonds is 9. The zero-order valence-corrected chi connectivity index (χ0v) is 17.6. The number of para-hydroxylation sites is 2. The third-order valence-corrected chi connectivity index (χ3v) is 5.82. The van der Waals surface area contributed by atoms with Gasteiger partial charge >= 0.3 is 5.69 Å². The molecule has 158 valence electrons. The molecule has 1 fully saturated rings. The normalized spacial score (nSPS) is 14.6. The predicted molar refractivity (Wildman–Crippen MR) is 118 cm³/mol. The summed E-state index contributed by atoms with van der Waals surface area (Å²) >= 11 is 0. The Morgan fingerprint density at radius 2 is 1.70 bits per heavy atom. The number of carbonyl (C=O) groups excluding carboxylic acids is 1. The summed E-state index contributed by atoms with van der Waals surface area (Å²) in [6.45, 7) is 3.12. The van der Waals surface area contributed by atoms with E-state index in [9.17, 15) is 9.59 Å². The fourth-order valence-corrected chi connectivity index (χ4v) is 4.10. The zero-order valence-electron chi connectivity index (χ0n) is 17.6. The fraction of sp³-hybridized carbons (Fsp3) is 0.417. The largest absolute Gasteiger partial charge is 0.497 e. The van der Waals surface area contributed by atoms with Crippen molar-refractivity contribution in [2.45, 2.75) is 51.7 Å². The number of amides is 1. The first kappa shape index (κ1) is 20.3. The van der Waals surface area contributed by atoms with E-state index < -0.39 is 0 Å². The van der Waals surface area contributed by atoms with Gasteiger partial charge in [-0.2, -0.15) is 0 Å². The van der Waals surface area contributed by atoms with Crippen molar-refractivity contribution in [3.8, 4) is 5.75 Å². The van der Waals surface area contributed by atoms with Crippen molar-refractivity contribution in [1.82, 2.24) is 14.5 Å². The van der Waals surface area contributed by atoms with E-state index in [1.807, 2.05) is 48.5 Å². The minimum atomic E-state index is -0.0419. The molecule has 30 heavy (non-hydrogen) atoms. The second kappa shape index (κ2) is 8.78. The molecule has 0 radical (unpaired) electrons. The van der Waals surface area contributed by atoms with Gasteiger partial charge in [-0.1, -0.05) is 31.2 Å². The Bertz CT molecular complexity index is 1080. The molecule has 6 nitrogen and oxygen atoms in total. The van der Waals surface area contributed by atoms with Crippen molar-refractivity contribution in [2.75, 3.05) is 7.11 Å². The highest BCUT2D eigenvalue weighted by Gasteiger charge is 2.33. The number of nitrogens with zero attached hydrogens (tertiary/aromatic N) is 2. The molecule has 1 atom stereocenters. The average Bonchev–Trinajstić information content (AvgIpc) is 3.58. The highest BCUT2D eigenvalue weighted by molar-refractivity contribution is 5.78. The Morgan fingerprint density at radius 1 is 1.07 bits per heavy atom. The van der Waals surface area contributed by atoms with Crippen LogP contribution in [0.2, 0.25) is 0 Å². The number of carbonyl (C=O) groups is 1. The molecular weight excluding hydrogens is 378 g/mol. The van der Waals surface area contributed by atoms with E-state index in [1.165, 1.54) is 0 Å². The van der Waals surface area contributed by atoms with Crippen LogP contribution in [0.3, 0.4) is 0 Å². The van der Waals surface area contributed by atoms with Crippen molar-refractivity contribution in [3.05, 3.63) is 64.6 Å². The summed E-state index contributed by atoms with van der Waals surface area (Å²) < 4.78 is 8.77. The fourth-order valence-electron chi connectivity index (χ4n) is 4.10. The maximum Gasteiger partial charge on any atom is 0.329 e. The van der Waals surface area contributed by atoms with Gasteiger partial charge in [-0.3, -0.25) is 13.9 Å². The summed E-state index contributed by atoms with van der Waals surface area (Å²) in [4.78, 5) is 25.7. The van der Waals surface area contributed by atoms with Crippen LogP contribution < -0.4 is 15.7 Å². The number of benzene rings is 2. The summed E-state index contributed by atoms with van der Waals surface area (Å²) in [7, 11) is 1.65. The molecule has 0 spiro atoms. The van der Waals surface area contributed by atoms with Crippen molar-refractivity contribution >= 4 is 16.9 Å². The van der Waals surface area contributed by atoms with E-state index in [0.29, 0.717) is 19.0 Å². The molecule has 1 saturated carbocycles. The van der Waals surface area contributed by atoms with Crippen LogP contribution in [0.25, 0.3) is 11.0 Å². The predicted octanol–water partition coefficient (Wildman–Crippen LogP) is 3.88. The Morgan fingerprint density at radius 3 is 2.27 bits per heavy atom. The Labute approximate surface area is 176 Å². The summed E-state index contributed by atoms with van der Waals surface area (Å²) in [6.07, 6.45) is 3.42. The van der Waals surface area contributed by atoms with Crippen LogP contribution in [0.5, 0.6) is 5.75 Å². The lowest BCUT2D eigenvalue weighted by Crippen LogP contribution is -2.32. The molecule has 0 aliphatic heterocycles. The van der Waals surface area contributed by atoms with Crippen LogP contribution >= 0.6 is 0 Å². The Balaban J connectivity index is 1.48. The van der Waals surface area contributed by atoms with Crippen LogP contribution in [0.15, 0.2) is 53.3 Å². The minimum Gasteiger partial charge on any atom is -0.497 e. The smallest absolute Gasteiger partial charge is 0.329 e. The monoisotopic (exact) mass is 407 g/mol. The highest BCUT2D eigenvalue weighted by atomic mass is 16.5. The lowest BCUT2D eigenvalue weighted by Gasteiger charge is -2.19. The molecule has 1 aromatic heterocycles. The zero-order chi connectivity index (χ0) is 21.1. The number of methoxy groups -OCH3 is 1. The van der Waals surface area contributed by atoms with E-state index >= 15 is 0 Å². The van der Waals surface area contributed by atoms with Gasteiger partial charge < -0.3 is 10.1 Å². The van der Waals surface area contributed by atoms with E-state index in [-0.39, 0.29) is 24.1 Å². The maximum atomic E-state index is 12.9. The molecular formula is C24H29N3O3. The molecule has 4 rings (SSSR count). The van der Waals surface area contributed by atoms with Crippen molar-refractivity contribution in [1.29, 1.82) is 0 Å². The van der Waals surface area contributed by atoms with Gasteiger partial charge in [0.15, 0.2) is 0 Å². The molecule has 3 aromatic rings. The van der Waals surface area contributed by atoms with Gasteiger partial charge in [0.25, 0.3) is 0 Å². The topological polar surface area (TPSA) is 65.3 Å². The maximum absolute atomic E-state index is 12.9. The lowest BCUT2D eigenvalue weighted by molar-refractivity contribution is -0.122. The van der Waals surface area contributed by atoms with Crippen LogP contribution in [0.1, 0.15) is 44.2 Å². The van der Waals surface area contributed by atoms with Gasteiger partial charge in [-0.15, -0.1) is 0 Å². The van der Waals surface area contributed by atoms with E-state index in [2.05, 4.69) is 12.2 Å². The van der Waals surface area contributed by atoms with E-state index in [4.69, 9.17) is 4.74 Å². The molecule has 0 bridgehead atoms. The summed E-state index contributed by atoms with van der Waals surface area (Å²) in [5.74, 6) is 1.26. The summed E-state index contributed by atoms with van der Waals surface area (Å²) in [5, 5.41) is 3.20. The van der Waals surface area contributed by atoms with Crippen LogP contribution in [0.4, 0.5) is 0 Å². The average molecular weight is 408 g/mol. The lowest BCUT2D eigenvalue weighted by atomic mass is 10.0. The molecule has 1 unspecified atom stereocenters. The molecule has 1 heterocycles. The molecule has 1 aliphatic rings. The summed E-state index contributed by atoms with van der Waals surface area (Å²) in [6, 6.07) is 15.7. The van der Waals surface area contributed by atoms with Gasteiger partial charge in [0, 0.05) is 19.5 Å². The number of aromatic nitrogens is 2.